The van der Waals surface area contributed by atoms with Crippen LogP contribution in [0.2, 0.25) is 0 Å². The Bertz CT molecular complexity index is 492. The number of carbonyl (C=O) groups is 1. The van der Waals surface area contributed by atoms with Crippen LogP contribution in [0.25, 0.3) is 0 Å². The number of carboxylic acid groups (broad SMARTS) is 1. The standard InChI is InChI=1S/C17H28O4S/c1-16(2,3)13-11-12(15(22-13)17(4,5)6)21-10-9-20-8-7-14(18)19/h11H,7-10H2,1-6H3,(H,18,19). The summed E-state index contributed by atoms with van der Waals surface area (Å²) in [6, 6.07) is 2.13. The molecule has 0 amide bonds. The van der Waals surface area contributed by atoms with E-state index in [1.807, 2.05) is 0 Å². The second kappa shape index (κ2) is 7.47. The van der Waals surface area contributed by atoms with Crippen LogP contribution in [0.4, 0.5) is 0 Å². The van der Waals surface area contributed by atoms with E-state index in [-0.39, 0.29) is 23.9 Å². The van der Waals surface area contributed by atoms with Gasteiger partial charge in [0.25, 0.3) is 0 Å². The van der Waals surface area contributed by atoms with Crippen molar-refractivity contribution in [1.29, 1.82) is 0 Å². The molecular formula is C17H28O4S. The summed E-state index contributed by atoms with van der Waals surface area (Å²) in [4.78, 5) is 12.9. The second-order valence-corrected chi connectivity index (χ2v) is 8.46. The summed E-state index contributed by atoms with van der Waals surface area (Å²) in [5, 5.41) is 8.54. The van der Waals surface area contributed by atoms with Crippen LogP contribution in [-0.2, 0) is 20.4 Å². The lowest BCUT2D eigenvalue weighted by Crippen LogP contribution is -2.13. The van der Waals surface area contributed by atoms with Crippen LogP contribution in [0.15, 0.2) is 6.07 Å². The molecule has 1 rings (SSSR count). The molecule has 0 atom stereocenters. The van der Waals surface area contributed by atoms with Gasteiger partial charge >= 0.3 is 5.97 Å². The van der Waals surface area contributed by atoms with Crippen LogP contribution in [0, 0.1) is 0 Å². The number of hydrogen-bond donors (Lipinski definition) is 1. The monoisotopic (exact) mass is 328 g/mol. The van der Waals surface area contributed by atoms with Gasteiger partial charge in [-0.15, -0.1) is 11.3 Å². The Kier molecular flexibility index (Phi) is 6.44. The number of carboxylic acids is 1. The van der Waals surface area contributed by atoms with Gasteiger partial charge in [0.2, 0.25) is 0 Å². The molecule has 1 heterocycles. The van der Waals surface area contributed by atoms with Crippen molar-refractivity contribution in [2.24, 2.45) is 0 Å². The molecule has 1 aromatic heterocycles. The zero-order valence-corrected chi connectivity index (χ0v) is 15.3. The highest BCUT2D eigenvalue weighted by Crippen LogP contribution is 2.42. The molecule has 1 aromatic rings. The first kappa shape index (κ1) is 19.0. The van der Waals surface area contributed by atoms with Crippen molar-refractivity contribution in [3.8, 4) is 5.75 Å². The summed E-state index contributed by atoms with van der Waals surface area (Å²) < 4.78 is 11.1. The highest BCUT2D eigenvalue weighted by molar-refractivity contribution is 7.12. The Morgan fingerprint density at radius 2 is 1.73 bits per heavy atom. The third kappa shape index (κ3) is 5.97. The maximum absolute atomic E-state index is 10.4. The van der Waals surface area contributed by atoms with Gasteiger partial charge in [-0.1, -0.05) is 41.5 Å². The molecule has 0 unspecified atom stereocenters. The van der Waals surface area contributed by atoms with E-state index < -0.39 is 5.97 Å². The van der Waals surface area contributed by atoms with E-state index in [0.29, 0.717) is 13.2 Å². The summed E-state index contributed by atoms with van der Waals surface area (Å²) >= 11 is 1.80. The second-order valence-electron chi connectivity index (χ2n) is 7.41. The Hall–Kier alpha value is -1.07. The first-order valence-corrected chi connectivity index (χ1v) is 8.40. The van der Waals surface area contributed by atoms with Gasteiger partial charge in [0.05, 0.1) is 24.5 Å². The predicted molar refractivity (Wildman–Crippen MR) is 90.3 cm³/mol. The predicted octanol–water partition coefficient (Wildman–Crippen LogP) is 4.21. The third-order valence-electron chi connectivity index (χ3n) is 3.06. The molecule has 126 valence electrons. The van der Waals surface area contributed by atoms with Gasteiger partial charge in [-0.3, -0.25) is 4.79 Å². The highest BCUT2D eigenvalue weighted by Gasteiger charge is 2.26. The van der Waals surface area contributed by atoms with E-state index in [1.54, 1.807) is 11.3 Å². The molecule has 0 bridgehead atoms. The van der Waals surface area contributed by atoms with Crippen molar-refractivity contribution < 1.29 is 19.4 Å². The summed E-state index contributed by atoms with van der Waals surface area (Å²) in [5.74, 6) is 0.0767. The van der Waals surface area contributed by atoms with Gasteiger partial charge in [-0.05, 0) is 16.9 Å². The molecule has 0 spiro atoms. The average Bonchev–Trinajstić information content (AvgIpc) is 2.77. The zero-order valence-electron chi connectivity index (χ0n) is 14.5. The average molecular weight is 328 g/mol. The van der Waals surface area contributed by atoms with E-state index in [2.05, 4.69) is 47.6 Å². The molecular weight excluding hydrogens is 300 g/mol. The lowest BCUT2D eigenvalue weighted by atomic mass is 9.92. The molecule has 4 nitrogen and oxygen atoms in total. The fourth-order valence-corrected chi connectivity index (χ4v) is 3.06. The van der Waals surface area contributed by atoms with Crippen molar-refractivity contribution in [2.45, 2.75) is 58.8 Å². The van der Waals surface area contributed by atoms with E-state index in [1.165, 1.54) is 9.75 Å². The zero-order chi connectivity index (χ0) is 17.0. The van der Waals surface area contributed by atoms with Crippen LogP contribution < -0.4 is 4.74 Å². The summed E-state index contributed by atoms with van der Waals surface area (Å²) in [6.07, 6.45) is 0.0276. The molecule has 0 aliphatic heterocycles. The summed E-state index contributed by atoms with van der Waals surface area (Å²) in [7, 11) is 0. The van der Waals surface area contributed by atoms with Gasteiger partial charge in [0, 0.05) is 4.88 Å². The van der Waals surface area contributed by atoms with Gasteiger partial charge in [0.15, 0.2) is 0 Å². The van der Waals surface area contributed by atoms with Crippen LogP contribution >= 0.6 is 11.3 Å². The van der Waals surface area contributed by atoms with Crippen molar-refractivity contribution in [3.63, 3.8) is 0 Å². The van der Waals surface area contributed by atoms with Crippen LogP contribution in [-0.4, -0.2) is 30.9 Å². The third-order valence-corrected chi connectivity index (χ3v) is 5.03. The molecule has 0 aromatic carbocycles. The van der Waals surface area contributed by atoms with Crippen molar-refractivity contribution in [2.75, 3.05) is 19.8 Å². The molecule has 5 heteroatoms. The molecule has 0 saturated heterocycles. The van der Waals surface area contributed by atoms with Crippen molar-refractivity contribution in [3.05, 3.63) is 15.8 Å². The van der Waals surface area contributed by atoms with E-state index in [0.717, 1.165) is 5.75 Å². The lowest BCUT2D eigenvalue weighted by molar-refractivity contribution is -0.138. The SMILES string of the molecule is CC(C)(C)c1cc(OCCOCCC(=O)O)c(C(C)(C)C)s1. The van der Waals surface area contributed by atoms with E-state index in [9.17, 15) is 4.79 Å². The first-order valence-electron chi connectivity index (χ1n) is 7.59. The van der Waals surface area contributed by atoms with Gasteiger partial charge < -0.3 is 14.6 Å². The molecule has 0 fully saturated rings. The number of hydrogen-bond acceptors (Lipinski definition) is 4. The molecule has 0 aliphatic carbocycles. The number of ether oxygens (including phenoxy) is 2. The van der Waals surface area contributed by atoms with Crippen LogP contribution in [0.3, 0.4) is 0 Å². The van der Waals surface area contributed by atoms with Crippen molar-refractivity contribution in [1.82, 2.24) is 0 Å². The lowest BCUT2D eigenvalue weighted by Gasteiger charge is -2.19. The quantitative estimate of drug-likeness (QED) is 0.762. The van der Waals surface area contributed by atoms with Crippen LogP contribution in [0.5, 0.6) is 5.75 Å². The molecule has 0 saturated carbocycles. The highest BCUT2D eigenvalue weighted by atomic mass is 32.1. The number of aliphatic carboxylic acids is 1. The minimum atomic E-state index is -0.844. The minimum Gasteiger partial charge on any atom is -0.490 e. The minimum absolute atomic E-state index is 0.0276. The molecule has 0 aliphatic rings. The Morgan fingerprint density at radius 3 is 2.23 bits per heavy atom. The van der Waals surface area contributed by atoms with Crippen LogP contribution in [0.1, 0.15) is 57.7 Å². The van der Waals surface area contributed by atoms with E-state index >= 15 is 0 Å². The Labute approximate surface area is 137 Å². The molecule has 1 N–H and O–H groups in total. The summed E-state index contributed by atoms with van der Waals surface area (Å²) in [5.41, 5.74) is 0.137. The fraction of sp³-hybridized carbons (Fsp3) is 0.706. The summed E-state index contributed by atoms with van der Waals surface area (Å²) in [6.45, 7) is 14.2. The maximum atomic E-state index is 10.4. The van der Waals surface area contributed by atoms with Gasteiger partial charge in [-0.25, -0.2) is 0 Å². The molecule has 22 heavy (non-hydrogen) atoms. The first-order chi connectivity index (χ1) is 10.0. The normalized spacial score (nSPS) is 12.5. The smallest absolute Gasteiger partial charge is 0.305 e. The van der Waals surface area contributed by atoms with Crippen molar-refractivity contribution >= 4 is 17.3 Å². The topological polar surface area (TPSA) is 55.8 Å². The van der Waals surface area contributed by atoms with Gasteiger partial charge in [-0.2, -0.15) is 0 Å². The Balaban J connectivity index is 2.65. The maximum Gasteiger partial charge on any atom is 0.305 e. The molecule has 0 radical (unpaired) electrons. The fourth-order valence-electron chi connectivity index (χ4n) is 1.85. The number of thiophene rings is 1. The van der Waals surface area contributed by atoms with E-state index in [4.69, 9.17) is 14.6 Å². The largest absolute Gasteiger partial charge is 0.490 e. The Morgan fingerprint density at radius 1 is 1.09 bits per heavy atom. The van der Waals surface area contributed by atoms with Gasteiger partial charge in [0.1, 0.15) is 12.4 Å². The number of rotatable bonds is 7.